The molecule has 0 aromatic carbocycles. The zero-order valence-electron chi connectivity index (χ0n) is 7.02. The molecule has 0 spiro atoms. The SMILES string of the molecule is CC(C(=O)OCl)=C1CCNCC1. The van der Waals surface area contributed by atoms with Gasteiger partial charge in [0, 0.05) is 5.57 Å². The van der Waals surface area contributed by atoms with Crippen LogP contribution in [0.2, 0.25) is 0 Å². The summed E-state index contributed by atoms with van der Waals surface area (Å²) in [5.41, 5.74) is 1.81. The molecule has 1 rings (SSSR count). The van der Waals surface area contributed by atoms with Crippen molar-refractivity contribution in [3.63, 3.8) is 0 Å². The summed E-state index contributed by atoms with van der Waals surface area (Å²) >= 11 is 4.97. The molecule has 1 heterocycles. The Labute approximate surface area is 76.9 Å². The average molecular weight is 190 g/mol. The first-order valence-electron chi connectivity index (χ1n) is 3.98. The van der Waals surface area contributed by atoms with Gasteiger partial charge in [-0.3, -0.25) is 0 Å². The maximum absolute atomic E-state index is 11.0. The van der Waals surface area contributed by atoms with Gasteiger partial charge in [0.1, 0.15) is 11.9 Å². The number of halogens is 1. The van der Waals surface area contributed by atoms with Crippen molar-refractivity contribution < 1.29 is 9.08 Å². The number of piperidine rings is 1. The average Bonchev–Trinajstić information content (AvgIpc) is 2.17. The first-order chi connectivity index (χ1) is 5.75. The summed E-state index contributed by atoms with van der Waals surface area (Å²) in [7, 11) is 0. The van der Waals surface area contributed by atoms with Gasteiger partial charge in [-0.2, -0.15) is 0 Å². The lowest BCUT2D eigenvalue weighted by atomic mass is 10.0. The van der Waals surface area contributed by atoms with Gasteiger partial charge in [-0.15, -0.1) is 0 Å². The predicted molar refractivity (Wildman–Crippen MR) is 46.7 cm³/mol. The summed E-state index contributed by atoms with van der Waals surface area (Å²) < 4.78 is 4.12. The molecule has 12 heavy (non-hydrogen) atoms. The minimum absolute atomic E-state index is 0.423. The van der Waals surface area contributed by atoms with Crippen molar-refractivity contribution in [3.8, 4) is 0 Å². The van der Waals surface area contributed by atoms with E-state index in [1.807, 2.05) is 0 Å². The van der Waals surface area contributed by atoms with E-state index in [0.717, 1.165) is 31.5 Å². The van der Waals surface area contributed by atoms with E-state index in [4.69, 9.17) is 11.9 Å². The van der Waals surface area contributed by atoms with Crippen LogP contribution in [0.5, 0.6) is 0 Å². The van der Waals surface area contributed by atoms with Gasteiger partial charge in [-0.05, 0) is 32.9 Å². The van der Waals surface area contributed by atoms with Crippen molar-refractivity contribution in [1.29, 1.82) is 0 Å². The van der Waals surface area contributed by atoms with E-state index in [0.29, 0.717) is 5.57 Å². The van der Waals surface area contributed by atoms with Crippen LogP contribution in [0.25, 0.3) is 0 Å². The Balaban J connectivity index is 2.66. The third-order valence-corrected chi connectivity index (χ3v) is 2.25. The van der Waals surface area contributed by atoms with E-state index in [1.165, 1.54) is 0 Å². The Morgan fingerprint density at radius 2 is 2.08 bits per heavy atom. The van der Waals surface area contributed by atoms with E-state index in [-0.39, 0.29) is 0 Å². The molecule has 1 aliphatic heterocycles. The lowest BCUT2D eigenvalue weighted by Crippen LogP contribution is -2.24. The van der Waals surface area contributed by atoms with E-state index in [2.05, 4.69) is 9.61 Å². The molecule has 0 aromatic rings. The Hall–Kier alpha value is -0.540. The summed E-state index contributed by atoms with van der Waals surface area (Å²) in [6.45, 7) is 3.62. The number of carbonyl (C=O) groups excluding carboxylic acids is 1. The minimum Gasteiger partial charge on any atom is -0.343 e. The first-order valence-corrected chi connectivity index (χ1v) is 4.29. The highest BCUT2D eigenvalue weighted by molar-refractivity contribution is 6.15. The standard InChI is InChI=1S/C8H12ClNO2/c1-6(8(11)12-9)7-2-4-10-5-3-7/h10H,2-5H2,1H3. The van der Waals surface area contributed by atoms with Crippen LogP contribution in [0.15, 0.2) is 11.1 Å². The molecule has 1 aliphatic rings. The van der Waals surface area contributed by atoms with Gasteiger partial charge in [0.05, 0.1) is 0 Å². The first kappa shape index (κ1) is 9.55. The largest absolute Gasteiger partial charge is 0.351 e. The third kappa shape index (κ3) is 2.22. The van der Waals surface area contributed by atoms with Gasteiger partial charge >= 0.3 is 5.97 Å². The Kier molecular flexibility index (Phi) is 3.56. The third-order valence-electron chi connectivity index (χ3n) is 2.11. The second-order valence-electron chi connectivity index (χ2n) is 2.84. The summed E-state index contributed by atoms with van der Waals surface area (Å²) in [5.74, 6) is -0.423. The van der Waals surface area contributed by atoms with Crippen molar-refractivity contribution in [2.45, 2.75) is 19.8 Å². The van der Waals surface area contributed by atoms with Crippen LogP contribution in [0.4, 0.5) is 0 Å². The fourth-order valence-electron chi connectivity index (χ4n) is 1.31. The molecule has 0 amide bonds. The highest BCUT2D eigenvalue weighted by Crippen LogP contribution is 2.16. The van der Waals surface area contributed by atoms with Crippen LogP contribution in [-0.2, 0) is 9.08 Å². The summed E-state index contributed by atoms with van der Waals surface area (Å²) in [6.07, 6.45) is 1.83. The molecule has 0 aliphatic carbocycles. The second-order valence-corrected chi connectivity index (χ2v) is 3.00. The van der Waals surface area contributed by atoms with Gasteiger partial charge in [0.2, 0.25) is 0 Å². The van der Waals surface area contributed by atoms with Crippen molar-refractivity contribution in [1.82, 2.24) is 5.32 Å². The van der Waals surface area contributed by atoms with Crippen molar-refractivity contribution in [3.05, 3.63) is 11.1 Å². The fourth-order valence-corrected chi connectivity index (χ4v) is 1.42. The molecule has 1 fully saturated rings. The topological polar surface area (TPSA) is 38.3 Å². The maximum atomic E-state index is 11.0. The van der Waals surface area contributed by atoms with Gasteiger partial charge in [0.25, 0.3) is 0 Å². The molecule has 4 heteroatoms. The molecule has 0 saturated carbocycles. The van der Waals surface area contributed by atoms with Crippen LogP contribution in [0.3, 0.4) is 0 Å². The Bertz CT molecular complexity index is 205. The molecular weight excluding hydrogens is 178 g/mol. The lowest BCUT2D eigenvalue weighted by Gasteiger charge is -2.16. The van der Waals surface area contributed by atoms with E-state index in [9.17, 15) is 4.79 Å². The van der Waals surface area contributed by atoms with Gasteiger partial charge < -0.3 is 9.61 Å². The molecule has 3 nitrogen and oxygen atoms in total. The number of nitrogens with one attached hydrogen (secondary N) is 1. The zero-order valence-corrected chi connectivity index (χ0v) is 7.78. The second kappa shape index (κ2) is 4.48. The van der Waals surface area contributed by atoms with Crippen molar-refractivity contribution in [2.75, 3.05) is 13.1 Å². The molecule has 0 radical (unpaired) electrons. The Morgan fingerprint density at radius 3 is 2.58 bits per heavy atom. The number of rotatable bonds is 1. The normalized spacial score (nSPS) is 17.3. The van der Waals surface area contributed by atoms with E-state index in [1.54, 1.807) is 6.92 Å². The van der Waals surface area contributed by atoms with Crippen LogP contribution in [0.1, 0.15) is 19.8 Å². The van der Waals surface area contributed by atoms with Crippen molar-refractivity contribution in [2.24, 2.45) is 0 Å². The number of hydrogen-bond acceptors (Lipinski definition) is 3. The molecule has 1 N–H and O–H groups in total. The quantitative estimate of drug-likeness (QED) is 0.634. The fraction of sp³-hybridized carbons (Fsp3) is 0.625. The van der Waals surface area contributed by atoms with Crippen LogP contribution < -0.4 is 5.32 Å². The molecule has 0 bridgehead atoms. The zero-order chi connectivity index (χ0) is 8.97. The van der Waals surface area contributed by atoms with E-state index < -0.39 is 5.97 Å². The lowest BCUT2D eigenvalue weighted by molar-refractivity contribution is -0.129. The highest BCUT2D eigenvalue weighted by atomic mass is 35.5. The van der Waals surface area contributed by atoms with Gasteiger partial charge in [-0.25, -0.2) is 4.79 Å². The van der Waals surface area contributed by atoms with Crippen LogP contribution in [0, 0.1) is 0 Å². The highest BCUT2D eigenvalue weighted by Gasteiger charge is 2.13. The molecule has 0 atom stereocenters. The maximum Gasteiger partial charge on any atom is 0.351 e. The van der Waals surface area contributed by atoms with Crippen LogP contribution in [-0.4, -0.2) is 19.1 Å². The molecule has 0 aromatic heterocycles. The van der Waals surface area contributed by atoms with E-state index >= 15 is 0 Å². The summed E-state index contributed by atoms with van der Waals surface area (Å²) in [6, 6.07) is 0. The monoisotopic (exact) mass is 189 g/mol. The number of hydrogen-bond donors (Lipinski definition) is 1. The molecule has 1 saturated heterocycles. The minimum atomic E-state index is -0.423. The predicted octanol–water partition coefficient (Wildman–Crippen LogP) is 1.38. The summed E-state index contributed by atoms with van der Waals surface area (Å²) in [5, 5.41) is 3.21. The number of carbonyl (C=O) groups is 1. The Morgan fingerprint density at radius 1 is 1.50 bits per heavy atom. The van der Waals surface area contributed by atoms with Gasteiger partial charge in [0.15, 0.2) is 0 Å². The van der Waals surface area contributed by atoms with Crippen LogP contribution >= 0.6 is 11.9 Å². The molecule has 68 valence electrons. The van der Waals surface area contributed by atoms with Gasteiger partial charge in [-0.1, -0.05) is 5.57 Å². The molecule has 0 unspecified atom stereocenters. The van der Waals surface area contributed by atoms with Crippen molar-refractivity contribution >= 4 is 17.8 Å². The smallest absolute Gasteiger partial charge is 0.343 e. The molecular formula is C8H12ClNO2. The summed E-state index contributed by atoms with van der Waals surface area (Å²) in [4.78, 5) is 11.0.